The van der Waals surface area contributed by atoms with Crippen molar-refractivity contribution < 1.29 is 9.53 Å². The summed E-state index contributed by atoms with van der Waals surface area (Å²) in [6.45, 7) is 3.63. The number of nitrogens with two attached hydrogens (primary N) is 1. The van der Waals surface area contributed by atoms with Crippen molar-refractivity contribution in [1.82, 2.24) is 5.32 Å². The first-order chi connectivity index (χ1) is 9.97. The Bertz CT molecular complexity index is 499. The highest BCUT2D eigenvalue weighted by Crippen LogP contribution is 2.28. The molecule has 1 aliphatic rings. The molecule has 1 aromatic carbocycles. The molecule has 4 nitrogen and oxygen atoms in total. The van der Waals surface area contributed by atoms with Crippen LogP contribution in [0.25, 0.3) is 0 Å². The summed E-state index contributed by atoms with van der Waals surface area (Å²) < 4.78 is 5.67. The number of benzene rings is 1. The Morgan fingerprint density at radius 2 is 2.05 bits per heavy atom. The number of amides is 1. The van der Waals surface area contributed by atoms with E-state index >= 15 is 0 Å². The summed E-state index contributed by atoms with van der Waals surface area (Å²) in [4.78, 5) is 12.1. The molecule has 0 spiro atoms. The SMILES string of the molecule is CC(Oc1ccc([C@@H](C)N)cc1Cl)C(=O)NC1CCCC1. The zero-order chi connectivity index (χ0) is 15.4. The lowest BCUT2D eigenvalue weighted by Gasteiger charge is -2.19. The highest BCUT2D eigenvalue weighted by molar-refractivity contribution is 6.32. The summed E-state index contributed by atoms with van der Waals surface area (Å²) in [5.41, 5.74) is 6.75. The van der Waals surface area contributed by atoms with Crippen LogP contribution in [0.2, 0.25) is 5.02 Å². The molecule has 3 N–H and O–H groups in total. The van der Waals surface area contributed by atoms with Crippen LogP contribution >= 0.6 is 11.6 Å². The first-order valence-corrected chi connectivity index (χ1v) is 7.87. The van der Waals surface area contributed by atoms with Crippen molar-refractivity contribution in [3.63, 3.8) is 0 Å². The van der Waals surface area contributed by atoms with Crippen LogP contribution in [-0.4, -0.2) is 18.1 Å². The minimum Gasteiger partial charge on any atom is -0.479 e. The first kappa shape index (κ1) is 16.1. The van der Waals surface area contributed by atoms with Gasteiger partial charge >= 0.3 is 0 Å². The maximum atomic E-state index is 12.1. The van der Waals surface area contributed by atoms with E-state index in [0.29, 0.717) is 16.8 Å². The molecule has 1 fully saturated rings. The average molecular weight is 311 g/mol. The summed E-state index contributed by atoms with van der Waals surface area (Å²) in [5.74, 6) is 0.421. The number of rotatable bonds is 5. The lowest BCUT2D eigenvalue weighted by atomic mass is 10.1. The molecular formula is C16H23ClN2O2. The zero-order valence-corrected chi connectivity index (χ0v) is 13.3. The third-order valence-electron chi connectivity index (χ3n) is 3.86. The Kier molecular flexibility index (Phi) is 5.48. The quantitative estimate of drug-likeness (QED) is 0.878. The van der Waals surface area contributed by atoms with E-state index in [1.807, 2.05) is 13.0 Å². The van der Waals surface area contributed by atoms with E-state index in [0.717, 1.165) is 18.4 Å². The van der Waals surface area contributed by atoms with E-state index in [4.69, 9.17) is 22.1 Å². The molecule has 1 amide bonds. The molecule has 2 rings (SSSR count). The van der Waals surface area contributed by atoms with Crippen LogP contribution in [0.4, 0.5) is 0 Å². The van der Waals surface area contributed by atoms with Gasteiger partial charge in [-0.1, -0.05) is 30.5 Å². The number of carbonyl (C=O) groups excluding carboxylic acids is 1. The van der Waals surface area contributed by atoms with Gasteiger partial charge in [0.25, 0.3) is 5.91 Å². The van der Waals surface area contributed by atoms with Gasteiger partial charge in [0.15, 0.2) is 6.10 Å². The second-order valence-corrected chi connectivity index (χ2v) is 6.14. The summed E-state index contributed by atoms with van der Waals surface area (Å²) in [6.07, 6.45) is 3.92. The molecule has 2 atom stereocenters. The van der Waals surface area contributed by atoms with Crippen molar-refractivity contribution in [2.24, 2.45) is 5.73 Å². The summed E-state index contributed by atoms with van der Waals surface area (Å²) >= 11 is 6.18. The molecule has 1 aromatic rings. The summed E-state index contributed by atoms with van der Waals surface area (Å²) in [7, 11) is 0. The number of hydrogen-bond acceptors (Lipinski definition) is 3. The Hall–Kier alpha value is -1.26. The van der Waals surface area contributed by atoms with Crippen molar-refractivity contribution in [2.45, 2.75) is 57.7 Å². The van der Waals surface area contributed by atoms with E-state index in [-0.39, 0.29) is 11.9 Å². The Labute approximate surface area is 131 Å². The van der Waals surface area contributed by atoms with Gasteiger partial charge < -0.3 is 15.8 Å². The number of nitrogens with one attached hydrogen (secondary N) is 1. The standard InChI is InChI=1S/C16H23ClN2O2/c1-10(18)12-7-8-15(14(17)9-12)21-11(2)16(20)19-13-5-3-4-6-13/h7-11,13H,3-6,18H2,1-2H3,(H,19,20)/t10-,11?/m1/s1. The molecule has 5 heteroatoms. The summed E-state index contributed by atoms with van der Waals surface area (Å²) in [6, 6.07) is 5.62. The van der Waals surface area contributed by atoms with Gasteiger partial charge in [0, 0.05) is 12.1 Å². The van der Waals surface area contributed by atoms with Gasteiger partial charge in [-0.2, -0.15) is 0 Å². The molecule has 0 aliphatic heterocycles. The molecule has 116 valence electrons. The van der Waals surface area contributed by atoms with Gasteiger partial charge in [0.2, 0.25) is 0 Å². The normalized spacial score (nSPS) is 18.3. The van der Waals surface area contributed by atoms with E-state index in [9.17, 15) is 4.79 Å². The number of hydrogen-bond donors (Lipinski definition) is 2. The third-order valence-corrected chi connectivity index (χ3v) is 4.15. The second kappa shape index (κ2) is 7.14. The molecule has 21 heavy (non-hydrogen) atoms. The van der Waals surface area contributed by atoms with Gasteiger partial charge in [-0.05, 0) is 44.4 Å². The monoisotopic (exact) mass is 310 g/mol. The summed E-state index contributed by atoms with van der Waals surface area (Å²) in [5, 5.41) is 3.50. The molecule has 0 heterocycles. The highest BCUT2D eigenvalue weighted by atomic mass is 35.5. The van der Waals surface area contributed by atoms with Crippen LogP contribution < -0.4 is 15.8 Å². The van der Waals surface area contributed by atoms with E-state index < -0.39 is 6.10 Å². The Morgan fingerprint density at radius 1 is 1.38 bits per heavy atom. The first-order valence-electron chi connectivity index (χ1n) is 7.49. The van der Waals surface area contributed by atoms with Gasteiger partial charge in [0.05, 0.1) is 5.02 Å². The molecule has 0 radical (unpaired) electrons. The molecule has 1 aliphatic carbocycles. The highest BCUT2D eigenvalue weighted by Gasteiger charge is 2.22. The number of ether oxygens (including phenoxy) is 1. The van der Waals surface area contributed by atoms with Crippen LogP contribution in [0.1, 0.15) is 51.1 Å². The average Bonchev–Trinajstić information content (AvgIpc) is 2.93. The van der Waals surface area contributed by atoms with Gasteiger partial charge in [-0.15, -0.1) is 0 Å². The van der Waals surface area contributed by atoms with Crippen LogP contribution in [0.5, 0.6) is 5.75 Å². The molecule has 0 saturated heterocycles. The smallest absolute Gasteiger partial charge is 0.260 e. The zero-order valence-electron chi connectivity index (χ0n) is 12.6. The van der Waals surface area contributed by atoms with E-state index in [2.05, 4.69) is 5.32 Å². The van der Waals surface area contributed by atoms with E-state index in [1.54, 1.807) is 19.1 Å². The lowest BCUT2D eigenvalue weighted by molar-refractivity contribution is -0.127. The fraction of sp³-hybridized carbons (Fsp3) is 0.562. The number of carbonyl (C=O) groups is 1. The second-order valence-electron chi connectivity index (χ2n) is 5.73. The predicted octanol–water partition coefficient (Wildman–Crippen LogP) is 3.19. The minimum atomic E-state index is -0.566. The molecular weight excluding hydrogens is 288 g/mol. The topological polar surface area (TPSA) is 64.3 Å². The fourth-order valence-electron chi connectivity index (χ4n) is 2.53. The Morgan fingerprint density at radius 3 is 2.62 bits per heavy atom. The van der Waals surface area contributed by atoms with E-state index in [1.165, 1.54) is 12.8 Å². The van der Waals surface area contributed by atoms with Gasteiger partial charge in [-0.3, -0.25) is 4.79 Å². The van der Waals surface area contributed by atoms with Crippen molar-refractivity contribution >= 4 is 17.5 Å². The van der Waals surface area contributed by atoms with Crippen molar-refractivity contribution in [3.8, 4) is 5.75 Å². The Balaban J connectivity index is 1.95. The maximum absolute atomic E-state index is 12.1. The van der Waals surface area contributed by atoms with Crippen LogP contribution in [0, 0.1) is 0 Å². The molecule has 1 saturated carbocycles. The van der Waals surface area contributed by atoms with Crippen LogP contribution in [0.3, 0.4) is 0 Å². The third kappa shape index (κ3) is 4.35. The van der Waals surface area contributed by atoms with Crippen LogP contribution in [0.15, 0.2) is 18.2 Å². The lowest BCUT2D eigenvalue weighted by Crippen LogP contribution is -2.41. The minimum absolute atomic E-state index is 0.0837. The maximum Gasteiger partial charge on any atom is 0.260 e. The largest absolute Gasteiger partial charge is 0.479 e. The predicted molar refractivity (Wildman–Crippen MR) is 84.5 cm³/mol. The van der Waals surface area contributed by atoms with Gasteiger partial charge in [0.1, 0.15) is 5.75 Å². The van der Waals surface area contributed by atoms with Crippen molar-refractivity contribution in [1.29, 1.82) is 0 Å². The van der Waals surface area contributed by atoms with Crippen LogP contribution in [-0.2, 0) is 4.79 Å². The van der Waals surface area contributed by atoms with Crippen molar-refractivity contribution in [2.75, 3.05) is 0 Å². The fourth-order valence-corrected chi connectivity index (χ4v) is 2.76. The molecule has 0 aromatic heterocycles. The number of halogens is 1. The molecule has 1 unspecified atom stereocenters. The van der Waals surface area contributed by atoms with Crippen molar-refractivity contribution in [3.05, 3.63) is 28.8 Å². The van der Waals surface area contributed by atoms with Gasteiger partial charge in [-0.25, -0.2) is 0 Å². The molecule has 0 bridgehead atoms.